The van der Waals surface area contributed by atoms with Gasteiger partial charge >= 0.3 is 0 Å². The van der Waals surface area contributed by atoms with E-state index >= 15 is 0 Å². The van der Waals surface area contributed by atoms with Gasteiger partial charge in [-0.3, -0.25) is 14.6 Å². The van der Waals surface area contributed by atoms with Gasteiger partial charge in [-0.2, -0.15) is 5.10 Å². The number of hydrogen-bond donors (Lipinski definition) is 1. The number of rotatable bonds is 5. The number of hydrogen-bond acceptors (Lipinski definition) is 4. The van der Waals surface area contributed by atoms with Gasteiger partial charge in [-0.1, -0.05) is 119 Å². The molecule has 4 aromatic heterocycles. The average Bonchev–Trinajstić information content (AvgIpc) is 3.79. The standard InChI is InChI=1S/C56H54N6/c1-32-26-34(3)49(35(4)27-32)51-52(59-60-53(51)50-36(5)28-33(2)29-37(50)6)44-23-22-43-54(58-44)61(46-19-15-13-17-42(46)56(43,10)11)39-20-21-41-40-16-12-14-18-45(40)62(47(41)31-39)48-30-38(24-25-57-48)55(7,8)9/h12-31H,1-11H3,(H,59,60). The van der Waals surface area contributed by atoms with E-state index in [0.717, 1.165) is 67.8 Å². The van der Waals surface area contributed by atoms with Crippen LogP contribution >= 0.6 is 0 Å². The summed E-state index contributed by atoms with van der Waals surface area (Å²) in [5.41, 5.74) is 21.2. The zero-order valence-electron chi connectivity index (χ0n) is 37.8. The fourth-order valence-electron chi connectivity index (χ4n) is 10.4. The second-order valence-electron chi connectivity index (χ2n) is 19.1. The van der Waals surface area contributed by atoms with Crippen LogP contribution in [0.3, 0.4) is 0 Å². The van der Waals surface area contributed by atoms with Crippen LogP contribution in [-0.4, -0.2) is 24.7 Å². The van der Waals surface area contributed by atoms with Gasteiger partial charge in [-0.25, -0.2) is 9.97 Å². The third-order valence-electron chi connectivity index (χ3n) is 13.2. The lowest BCUT2D eigenvalue weighted by atomic mass is 9.74. The molecule has 0 aliphatic carbocycles. The zero-order chi connectivity index (χ0) is 43.4. The fraction of sp³-hybridized carbons (Fsp3) is 0.232. The number of nitrogens with one attached hydrogen (secondary N) is 1. The van der Waals surface area contributed by atoms with Crippen molar-refractivity contribution in [1.82, 2.24) is 24.7 Å². The molecule has 1 N–H and O–H groups in total. The normalized spacial score (nSPS) is 13.5. The summed E-state index contributed by atoms with van der Waals surface area (Å²) in [5.74, 6) is 1.81. The van der Waals surface area contributed by atoms with E-state index < -0.39 is 0 Å². The summed E-state index contributed by atoms with van der Waals surface area (Å²) in [4.78, 5) is 13.1. The Morgan fingerprint density at radius 3 is 1.95 bits per heavy atom. The van der Waals surface area contributed by atoms with Crippen LogP contribution in [-0.2, 0) is 10.8 Å². The van der Waals surface area contributed by atoms with Crippen LogP contribution in [0.4, 0.5) is 17.2 Å². The maximum atomic E-state index is 5.74. The Balaban J connectivity index is 1.23. The lowest BCUT2D eigenvalue weighted by molar-refractivity contribution is 0.588. The number of aryl methyl sites for hydroxylation is 6. The van der Waals surface area contributed by atoms with Gasteiger partial charge in [0.1, 0.15) is 17.3 Å². The number of anilines is 3. The Bertz CT molecular complexity index is 3230. The molecule has 0 radical (unpaired) electrons. The number of aromatic amines is 1. The van der Waals surface area contributed by atoms with Crippen LogP contribution in [0.25, 0.3) is 61.4 Å². The minimum absolute atomic E-state index is 0.0249. The molecular weight excluding hydrogens is 757 g/mol. The molecule has 308 valence electrons. The molecule has 0 bridgehead atoms. The quantitative estimate of drug-likeness (QED) is 0.188. The molecule has 0 saturated carbocycles. The monoisotopic (exact) mass is 810 g/mol. The summed E-state index contributed by atoms with van der Waals surface area (Å²) in [6.07, 6.45) is 1.95. The second kappa shape index (κ2) is 14.1. The highest BCUT2D eigenvalue weighted by Gasteiger charge is 2.39. The van der Waals surface area contributed by atoms with Crippen molar-refractivity contribution in [2.45, 2.75) is 87.0 Å². The maximum Gasteiger partial charge on any atom is 0.142 e. The molecule has 0 fully saturated rings. The Labute approximate surface area is 365 Å². The van der Waals surface area contributed by atoms with Gasteiger partial charge in [0.25, 0.3) is 0 Å². The predicted molar refractivity (Wildman–Crippen MR) is 259 cm³/mol. The van der Waals surface area contributed by atoms with Crippen molar-refractivity contribution in [1.29, 1.82) is 0 Å². The van der Waals surface area contributed by atoms with E-state index in [4.69, 9.17) is 15.1 Å². The van der Waals surface area contributed by atoms with Crippen LogP contribution in [0.5, 0.6) is 0 Å². The molecule has 5 aromatic carbocycles. The molecule has 6 heteroatoms. The molecule has 0 saturated heterocycles. The Morgan fingerprint density at radius 1 is 0.597 bits per heavy atom. The smallest absolute Gasteiger partial charge is 0.142 e. The van der Waals surface area contributed by atoms with Gasteiger partial charge < -0.3 is 0 Å². The predicted octanol–water partition coefficient (Wildman–Crippen LogP) is 14.6. The molecule has 0 spiro atoms. The van der Waals surface area contributed by atoms with Crippen molar-refractivity contribution in [2.24, 2.45) is 0 Å². The summed E-state index contributed by atoms with van der Waals surface area (Å²) < 4.78 is 2.33. The lowest BCUT2D eigenvalue weighted by Gasteiger charge is -2.41. The number of H-pyrrole nitrogens is 1. The van der Waals surface area contributed by atoms with Crippen LogP contribution in [0.2, 0.25) is 0 Å². The maximum absolute atomic E-state index is 5.74. The highest BCUT2D eigenvalue weighted by atomic mass is 15.2. The topological polar surface area (TPSA) is 62.6 Å². The highest BCUT2D eigenvalue weighted by molar-refractivity contribution is 6.10. The minimum atomic E-state index is -0.313. The third-order valence-corrected chi connectivity index (χ3v) is 13.2. The molecule has 5 heterocycles. The number of aromatic nitrogens is 5. The van der Waals surface area contributed by atoms with E-state index in [-0.39, 0.29) is 10.8 Å². The summed E-state index contributed by atoms with van der Waals surface area (Å²) in [6, 6.07) is 42.3. The van der Waals surface area contributed by atoms with Crippen LogP contribution < -0.4 is 4.90 Å². The molecule has 1 aliphatic heterocycles. The van der Waals surface area contributed by atoms with E-state index in [9.17, 15) is 0 Å². The zero-order valence-corrected chi connectivity index (χ0v) is 37.8. The number of benzene rings is 5. The molecule has 62 heavy (non-hydrogen) atoms. The first-order chi connectivity index (χ1) is 29.6. The summed E-state index contributed by atoms with van der Waals surface area (Å²) in [7, 11) is 0. The van der Waals surface area contributed by atoms with Crippen LogP contribution in [0, 0.1) is 41.5 Å². The minimum Gasteiger partial charge on any atom is -0.294 e. The Kier molecular flexibility index (Phi) is 8.97. The van der Waals surface area contributed by atoms with E-state index in [2.05, 4.69) is 206 Å². The van der Waals surface area contributed by atoms with E-state index in [1.807, 2.05) is 6.20 Å². The van der Waals surface area contributed by atoms with Crippen molar-refractivity contribution in [3.05, 3.63) is 172 Å². The molecule has 9 aromatic rings. The van der Waals surface area contributed by atoms with Crippen molar-refractivity contribution < 1.29 is 0 Å². The average molecular weight is 811 g/mol. The van der Waals surface area contributed by atoms with Gasteiger partial charge in [0, 0.05) is 44.8 Å². The Hall–Kier alpha value is -6.79. The summed E-state index contributed by atoms with van der Waals surface area (Å²) in [6.45, 7) is 24.6. The van der Waals surface area contributed by atoms with Gasteiger partial charge in [-0.05, 0) is 128 Å². The largest absolute Gasteiger partial charge is 0.294 e. The van der Waals surface area contributed by atoms with E-state index in [1.54, 1.807) is 0 Å². The third kappa shape index (κ3) is 6.10. The SMILES string of the molecule is Cc1cc(C)c(-c2n[nH]c(-c3ccc4c(n3)N(c3ccc5c6ccccc6n(-c6cc(C(C)(C)C)ccn6)c5c3)c3ccccc3C4(C)C)c2-c2c(C)cc(C)cc2C)c(C)c1. The molecule has 0 atom stereocenters. The molecule has 10 rings (SSSR count). The first-order valence-corrected chi connectivity index (χ1v) is 21.8. The van der Waals surface area contributed by atoms with Gasteiger partial charge in [0.05, 0.1) is 28.1 Å². The van der Waals surface area contributed by atoms with E-state index in [1.165, 1.54) is 60.8 Å². The van der Waals surface area contributed by atoms with Gasteiger partial charge in [0.15, 0.2) is 0 Å². The van der Waals surface area contributed by atoms with Crippen molar-refractivity contribution >= 4 is 39.0 Å². The first-order valence-electron chi connectivity index (χ1n) is 21.8. The molecule has 0 unspecified atom stereocenters. The first kappa shape index (κ1) is 39.4. The second-order valence-corrected chi connectivity index (χ2v) is 19.1. The molecule has 6 nitrogen and oxygen atoms in total. The van der Waals surface area contributed by atoms with Crippen molar-refractivity contribution in [3.8, 4) is 39.6 Å². The van der Waals surface area contributed by atoms with Crippen LogP contribution in [0.15, 0.2) is 121 Å². The van der Waals surface area contributed by atoms with Crippen LogP contribution in [0.1, 0.15) is 84.7 Å². The molecule has 1 aliphatic rings. The van der Waals surface area contributed by atoms with Gasteiger partial charge in [-0.15, -0.1) is 0 Å². The fourth-order valence-corrected chi connectivity index (χ4v) is 10.4. The Morgan fingerprint density at radius 2 is 1.24 bits per heavy atom. The van der Waals surface area contributed by atoms with Crippen molar-refractivity contribution in [3.63, 3.8) is 0 Å². The number of nitrogens with zero attached hydrogens (tertiary/aromatic N) is 5. The number of pyridine rings is 2. The highest BCUT2D eigenvalue weighted by Crippen LogP contribution is 2.53. The van der Waals surface area contributed by atoms with Crippen molar-refractivity contribution in [2.75, 3.05) is 4.90 Å². The lowest BCUT2D eigenvalue weighted by Crippen LogP contribution is -2.31. The van der Waals surface area contributed by atoms with Gasteiger partial charge in [0.2, 0.25) is 0 Å². The number of para-hydroxylation sites is 2. The number of fused-ring (bicyclic) bond motifs is 5. The summed E-state index contributed by atoms with van der Waals surface area (Å²) in [5, 5.41) is 11.1. The molecule has 0 amide bonds. The summed E-state index contributed by atoms with van der Waals surface area (Å²) >= 11 is 0. The van der Waals surface area contributed by atoms with E-state index in [0.29, 0.717) is 0 Å². The molecular formula is C56H54N6.